The summed E-state index contributed by atoms with van der Waals surface area (Å²) in [4.78, 5) is 14.2. The van der Waals surface area contributed by atoms with Gasteiger partial charge in [0.05, 0.1) is 0 Å². The molecule has 28 heavy (non-hydrogen) atoms. The highest BCUT2D eigenvalue weighted by molar-refractivity contribution is 7.87. The first-order valence-corrected chi connectivity index (χ1v) is 10.9. The number of hydrogen-bond acceptors (Lipinski definition) is 4. The van der Waals surface area contributed by atoms with Crippen LogP contribution in [0.2, 0.25) is 0 Å². The molecule has 0 saturated heterocycles. The zero-order valence-corrected chi connectivity index (χ0v) is 16.6. The molecule has 3 rings (SSSR count). The molecule has 0 aromatic heterocycles. The van der Waals surface area contributed by atoms with Gasteiger partial charge < -0.3 is 9.08 Å². The minimum Gasteiger partial charge on any atom is -0.379 e. The lowest BCUT2D eigenvalue weighted by molar-refractivity contribution is -0.132. The van der Waals surface area contributed by atoms with Gasteiger partial charge in [0.2, 0.25) is 5.91 Å². The highest BCUT2D eigenvalue weighted by Crippen LogP contribution is 2.30. The molecule has 2 aromatic rings. The average molecular weight is 405 g/mol. The zero-order valence-electron chi connectivity index (χ0n) is 15.8. The van der Waals surface area contributed by atoms with Gasteiger partial charge in [-0.2, -0.15) is 8.42 Å². The lowest BCUT2D eigenvalue weighted by Crippen LogP contribution is -2.32. The maximum atomic E-state index is 13.0. The number of hydrogen-bond donors (Lipinski definition) is 0. The zero-order chi connectivity index (χ0) is 20.1. The molecular weight excluding hydrogens is 381 g/mol. The van der Waals surface area contributed by atoms with Gasteiger partial charge in [0.1, 0.15) is 16.5 Å². The second kappa shape index (κ2) is 8.73. The molecule has 5 nitrogen and oxygen atoms in total. The van der Waals surface area contributed by atoms with E-state index in [-0.39, 0.29) is 22.6 Å². The second-order valence-electron chi connectivity index (χ2n) is 7.00. The van der Waals surface area contributed by atoms with Gasteiger partial charge in [-0.05, 0) is 61.2 Å². The Kier molecular flexibility index (Phi) is 6.34. The third-order valence-corrected chi connectivity index (χ3v) is 5.87. The number of rotatable bonds is 9. The van der Waals surface area contributed by atoms with Crippen molar-refractivity contribution in [3.05, 3.63) is 59.9 Å². The molecule has 1 fully saturated rings. The van der Waals surface area contributed by atoms with Crippen LogP contribution in [0.1, 0.15) is 44.6 Å². The van der Waals surface area contributed by atoms with Gasteiger partial charge in [0, 0.05) is 19.0 Å². The van der Waals surface area contributed by atoms with Crippen molar-refractivity contribution in [2.45, 2.75) is 56.5 Å². The lowest BCUT2D eigenvalue weighted by atomic mass is 10.1. The minimum atomic E-state index is -4.05. The van der Waals surface area contributed by atoms with Crippen molar-refractivity contribution in [2.24, 2.45) is 0 Å². The van der Waals surface area contributed by atoms with E-state index in [0.717, 1.165) is 55.5 Å². The average Bonchev–Trinajstić information content (AvgIpc) is 3.49. The van der Waals surface area contributed by atoms with Crippen LogP contribution in [0, 0.1) is 5.82 Å². The van der Waals surface area contributed by atoms with E-state index in [1.54, 1.807) is 18.2 Å². The van der Waals surface area contributed by atoms with Gasteiger partial charge in [-0.15, -0.1) is 0 Å². The Balaban J connectivity index is 1.72. The van der Waals surface area contributed by atoms with Crippen LogP contribution in [0.5, 0.6) is 5.75 Å². The SMILES string of the molecule is CCCCC(=O)N(Cc1cccc(OS(=O)(=O)c2ccc(F)cc2)c1)C1CC1. The maximum Gasteiger partial charge on any atom is 0.339 e. The molecule has 1 amide bonds. The predicted octanol–water partition coefficient (Wildman–Crippen LogP) is 4.27. The summed E-state index contributed by atoms with van der Waals surface area (Å²) in [5.74, 6) is -0.220. The van der Waals surface area contributed by atoms with E-state index in [0.29, 0.717) is 13.0 Å². The maximum absolute atomic E-state index is 13.0. The highest BCUT2D eigenvalue weighted by Gasteiger charge is 2.32. The van der Waals surface area contributed by atoms with Crippen LogP contribution < -0.4 is 4.18 Å². The summed E-state index contributed by atoms with van der Waals surface area (Å²) in [5, 5.41) is 0. The van der Waals surface area contributed by atoms with Crippen molar-refractivity contribution in [3.8, 4) is 5.75 Å². The van der Waals surface area contributed by atoms with Gasteiger partial charge in [-0.3, -0.25) is 4.79 Å². The molecule has 0 aliphatic heterocycles. The molecule has 0 radical (unpaired) electrons. The van der Waals surface area contributed by atoms with Gasteiger partial charge in [-0.1, -0.05) is 25.5 Å². The fourth-order valence-corrected chi connectivity index (χ4v) is 3.87. The summed E-state index contributed by atoms with van der Waals surface area (Å²) in [7, 11) is -4.05. The highest BCUT2D eigenvalue weighted by atomic mass is 32.2. The third kappa shape index (κ3) is 5.32. The topological polar surface area (TPSA) is 63.7 Å². The van der Waals surface area contributed by atoms with Crippen LogP contribution in [-0.2, 0) is 21.5 Å². The summed E-state index contributed by atoms with van der Waals surface area (Å²) < 4.78 is 43.0. The Morgan fingerprint density at radius 1 is 1.18 bits per heavy atom. The lowest BCUT2D eigenvalue weighted by Gasteiger charge is -2.23. The standard InChI is InChI=1S/C21H24FNO4S/c1-2-3-7-21(24)23(18-10-11-18)15-16-5-4-6-19(14-16)27-28(25,26)20-12-8-17(22)9-13-20/h4-6,8-9,12-14,18H,2-3,7,10-11,15H2,1H3. The molecule has 1 saturated carbocycles. The Morgan fingerprint density at radius 2 is 1.89 bits per heavy atom. The smallest absolute Gasteiger partial charge is 0.339 e. The molecule has 0 N–H and O–H groups in total. The Morgan fingerprint density at radius 3 is 2.54 bits per heavy atom. The summed E-state index contributed by atoms with van der Waals surface area (Å²) >= 11 is 0. The fraction of sp³-hybridized carbons (Fsp3) is 0.381. The normalized spacial score (nSPS) is 13.9. The molecule has 0 spiro atoms. The number of halogens is 1. The fourth-order valence-electron chi connectivity index (χ4n) is 2.95. The summed E-state index contributed by atoms with van der Waals surface area (Å²) in [6.07, 6.45) is 4.37. The van der Waals surface area contributed by atoms with Crippen molar-refractivity contribution in [1.29, 1.82) is 0 Å². The quantitative estimate of drug-likeness (QED) is 0.585. The molecular formula is C21H24FNO4S. The van der Waals surface area contributed by atoms with E-state index in [1.807, 2.05) is 11.0 Å². The van der Waals surface area contributed by atoms with Crippen molar-refractivity contribution < 1.29 is 21.8 Å². The molecule has 0 bridgehead atoms. The molecule has 1 aliphatic rings. The first-order chi connectivity index (χ1) is 13.4. The van der Waals surface area contributed by atoms with Crippen LogP contribution in [-0.4, -0.2) is 25.3 Å². The minimum absolute atomic E-state index is 0.117. The van der Waals surface area contributed by atoms with Crippen LogP contribution >= 0.6 is 0 Å². The Hall–Kier alpha value is -2.41. The van der Waals surface area contributed by atoms with Crippen LogP contribution in [0.3, 0.4) is 0 Å². The Bertz CT molecular complexity index is 924. The number of amides is 1. The molecule has 1 aliphatic carbocycles. The van der Waals surface area contributed by atoms with Crippen molar-refractivity contribution in [3.63, 3.8) is 0 Å². The molecule has 0 heterocycles. The van der Waals surface area contributed by atoms with E-state index in [4.69, 9.17) is 4.18 Å². The van der Waals surface area contributed by atoms with Gasteiger partial charge in [-0.25, -0.2) is 4.39 Å². The summed E-state index contributed by atoms with van der Waals surface area (Å²) in [5.41, 5.74) is 0.809. The summed E-state index contributed by atoms with van der Waals surface area (Å²) in [6, 6.07) is 11.5. The van der Waals surface area contributed by atoms with Crippen molar-refractivity contribution >= 4 is 16.0 Å². The number of unbranched alkanes of at least 4 members (excludes halogenated alkanes) is 1. The monoisotopic (exact) mass is 405 g/mol. The summed E-state index contributed by atoms with van der Waals surface area (Å²) in [6.45, 7) is 2.48. The van der Waals surface area contributed by atoms with Gasteiger partial charge in [0.25, 0.3) is 0 Å². The van der Waals surface area contributed by atoms with Crippen LogP contribution in [0.15, 0.2) is 53.4 Å². The molecule has 0 atom stereocenters. The van der Waals surface area contributed by atoms with E-state index >= 15 is 0 Å². The van der Waals surface area contributed by atoms with Crippen LogP contribution in [0.25, 0.3) is 0 Å². The molecule has 0 unspecified atom stereocenters. The largest absolute Gasteiger partial charge is 0.379 e. The third-order valence-electron chi connectivity index (χ3n) is 4.61. The Labute approximate surface area is 165 Å². The first-order valence-electron chi connectivity index (χ1n) is 9.47. The van der Waals surface area contributed by atoms with E-state index in [1.165, 1.54) is 0 Å². The first kappa shape index (κ1) is 20.3. The van der Waals surface area contributed by atoms with Crippen molar-refractivity contribution in [1.82, 2.24) is 4.90 Å². The van der Waals surface area contributed by atoms with Crippen LogP contribution in [0.4, 0.5) is 4.39 Å². The van der Waals surface area contributed by atoms with Gasteiger partial charge in [0.15, 0.2) is 0 Å². The van der Waals surface area contributed by atoms with Gasteiger partial charge >= 0.3 is 10.1 Å². The number of benzene rings is 2. The molecule has 150 valence electrons. The van der Waals surface area contributed by atoms with Crippen molar-refractivity contribution in [2.75, 3.05) is 0 Å². The predicted molar refractivity (Wildman–Crippen MR) is 104 cm³/mol. The van der Waals surface area contributed by atoms with E-state index in [9.17, 15) is 17.6 Å². The second-order valence-corrected chi connectivity index (χ2v) is 8.54. The molecule has 7 heteroatoms. The van der Waals surface area contributed by atoms with E-state index < -0.39 is 15.9 Å². The molecule has 2 aromatic carbocycles. The number of carbonyl (C=O) groups excluding carboxylic acids is 1. The van der Waals surface area contributed by atoms with E-state index in [2.05, 4.69) is 6.92 Å². The number of carbonyl (C=O) groups is 1. The number of nitrogens with zero attached hydrogens (tertiary/aromatic N) is 1.